The van der Waals surface area contributed by atoms with Gasteiger partial charge in [0.15, 0.2) is 17.2 Å². The molecule has 4 N–H and O–H groups in total. The fourth-order valence-electron chi connectivity index (χ4n) is 5.00. The van der Waals surface area contributed by atoms with E-state index in [0.717, 1.165) is 6.07 Å². The fraction of sp³-hybridized carbons (Fsp3) is 0.161. The van der Waals surface area contributed by atoms with Crippen LogP contribution in [0.2, 0.25) is 0 Å². The molecule has 0 unspecified atom stereocenters. The Labute approximate surface area is 264 Å². The summed E-state index contributed by atoms with van der Waals surface area (Å²) in [5, 5.41) is 4.81. The normalized spacial score (nSPS) is 12.3. The predicted molar refractivity (Wildman–Crippen MR) is 167 cm³/mol. The summed E-state index contributed by atoms with van der Waals surface area (Å²) in [4.78, 5) is 22.2. The van der Waals surface area contributed by atoms with Crippen LogP contribution < -0.4 is 15.9 Å². The smallest absolute Gasteiger partial charge is 0.394 e. The zero-order valence-electron chi connectivity index (χ0n) is 24.8. The molecule has 47 heavy (non-hydrogen) atoms. The van der Waals surface area contributed by atoms with Gasteiger partial charge in [-0.25, -0.2) is 27.8 Å². The molecule has 1 atom stereocenters. The van der Waals surface area contributed by atoms with Crippen molar-refractivity contribution in [2.75, 3.05) is 5.73 Å². The maximum Gasteiger partial charge on any atom is 0.394 e. The van der Waals surface area contributed by atoms with Gasteiger partial charge in [-0.1, -0.05) is 18.2 Å². The highest BCUT2D eigenvalue weighted by Crippen LogP contribution is 2.37. The highest BCUT2D eigenvalue weighted by molar-refractivity contribution is 7.79. The molecule has 0 radical (unpaired) electrons. The van der Waals surface area contributed by atoms with E-state index >= 15 is 0 Å². The summed E-state index contributed by atoms with van der Waals surface area (Å²) in [5.74, 6) is -1.67. The van der Waals surface area contributed by atoms with Gasteiger partial charge in [0.25, 0.3) is 0 Å². The average Bonchev–Trinajstić information content (AvgIpc) is 3.37. The topological polar surface area (TPSA) is 184 Å². The number of hydrogen-bond donors (Lipinski definition) is 3. The molecule has 16 heteroatoms. The quantitative estimate of drug-likeness (QED) is 0.177. The number of aromatic nitrogens is 4. The number of fused-ring (bicyclic) bond motifs is 2. The van der Waals surface area contributed by atoms with Crippen molar-refractivity contribution < 1.29 is 39.8 Å². The van der Waals surface area contributed by atoms with Crippen LogP contribution in [0.1, 0.15) is 32.6 Å². The van der Waals surface area contributed by atoms with Gasteiger partial charge in [-0.2, -0.15) is 13.5 Å². The lowest BCUT2D eigenvalue weighted by atomic mass is 9.99. The fourth-order valence-corrected chi connectivity index (χ4v) is 5.00. The van der Waals surface area contributed by atoms with Gasteiger partial charge in [-0.3, -0.25) is 13.9 Å². The van der Waals surface area contributed by atoms with Crippen molar-refractivity contribution in [1.82, 2.24) is 19.7 Å². The lowest BCUT2D eigenvalue weighted by Crippen LogP contribution is -2.17. The Balaban J connectivity index is 0.000000807. The Bertz CT molecular complexity index is 2300. The second kappa shape index (κ2) is 12.8. The van der Waals surface area contributed by atoms with E-state index in [-0.39, 0.29) is 56.9 Å². The van der Waals surface area contributed by atoms with Crippen molar-refractivity contribution in [3.63, 3.8) is 0 Å². The largest absolute Gasteiger partial charge is 0.488 e. The third-order valence-corrected chi connectivity index (χ3v) is 6.84. The Morgan fingerprint density at radius 1 is 0.915 bits per heavy atom. The van der Waals surface area contributed by atoms with Gasteiger partial charge in [0.2, 0.25) is 5.43 Å². The Morgan fingerprint density at radius 3 is 2.28 bits per heavy atom. The van der Waals surface area contributed by atoms with E-state index in [0.29, 0.717) is 10.9 Å². The number of anilines is 1. The molecule has 0 saturated carbocycles. The minimum Gasteiger partial charge on any atom is -0.488 e. The van der Waals surface area contributed by atoms with Crippen molar-refractivity contribution in [3.8, 4) is 28.1 Å². The van der Waals surface area contributed by atoms with E-state index in [4.69, 9.17) is 37.5 Å². The number of nitrogens with two attached hydrogens (primary N) is 1. The second-order valence-corrected chi connectivity index (χ2v) is 11.4. The maximum atomic E-state index is 15.0. The van der Waals surface area contributed by atoms with Crippen LogP contribution in [0.5, 0.6) is 5.75 Å². The highest BCUT2D eigenvalue weighted by atomic mass is 32.3. The number of halogens is 3. The lowest BCUT2D eigenvalue weighted by Gasteiger charge is -2.17. The van der Waals surface area contributed by atoms with Crippen LogP contribution in [-0.4, -0.2) is 43.4 Å². The molecule has 0 bridgehead atoms. The molecule has 0 spiro atoms. The number of rotatable bonds is 6. The number of nitrogen functional groups attached to an aromatic ring is 1. The zero-order chi connectivity index (χ0) is 34.2. The molecule has 3 aromatic carbocycles. The van der Waals surface area contributed by atoms with Gasteiger partial charge in [0.05, 0.1) is 17.1 Å². The summed E-state index contributed by atoms with van der Waals surface area (Å²) >= 11 is 0. The molecule has 0 saturated heterocycles. The minimum atomic E-state index is -4.67. The molecule has 3 aromatic heterocycles. The summed E-state index contributed by atoms with van der Waals surface area (Å²) in [6.45, 7) is 5.28. The summed E-state index contributed by atoms with van der Waals surface area (Å²) in [5.41, 5.74) is 6.70. The Morgan fingerprint density at radius 2 is 1.62 bits per heavy atom. The molecule has 0 aliphatic heterocycles. The molecule has 6 aromatic rings. The maximum absolute atomic E-state index is 15.0. The van der Waals surface area contributed by atoms with Crippen LogP contribution in [0.4, 0.5) is 19.0 Å². The molecule has 6 rings (SSSR count). The van der Waals surface area contributed by atoms with Gasteiger partial charge in [-0.05, 0) is 68.8 Å². The third-order valence-electron chi connectivity index (χ3n) is 6.84. The number of hydrogen-bond acceptors (Lipinski definition) is 9. The van der Waals surface area contributed by atoms with Crippen LogP contribution in [0, 0.1) is 17.5 Å². The predicted octanol–water partition coefficient (Wildman–Crippen LogP) is 6.01. The number of nitrogens with zero attached hydrogens (tertiary/aromatic N) is 4. The van der Waals surface area contributed by atoms with Crippen molar-refractivity contribution >= 4 is 38.2 Å². The molecule has 0 aliphatic carbocycles. The average molecular weight is 670 g/mol. The van der Waals surface area contributed by atoms with Crippen molar-refractivity contribution in [3.05, 3.63) is 100 Å². The molecule has 0 amide bonds. The van der Waals surface area contributed by atoms with E-state index in [9.17, 15) is 18.0 Å². The summed E-state index contributed by atoms with van der Waals surface area (Å²) in [6, 6.07) is 13.0. The molecule has 3 heterocycles. The number of ether oxygens (including phenoxy) is 1. The second-order valence-electron chi connectivity index (χ2n) is 10.5. The first-order chi connectivity index (χ1) is 22.1. The van der Waals surface area contributed by atoms with Gasteiger partial charge >= 0.3 is 10.4 Å². The van der Waals surface area contributed by atoms with Crippen molar-refractivity contribution in [2.24, 2.45) is 0 Å². The first kappa shape index (κ1) is 33.1. The molecule has 0 aliphatic rings. The lowest BCUT2D eigenvalue weighted by molar-refractivity contribution is 0.231. The first-order valence-electron chi connectivity index (χ1n) is 13.8. The Kier molecular flexibility index (Phi) is 9.02. The third kappa shape index (κ3) is 6.94. The van der Waals surface area contributed by atoms with Gasteiger partial charge in [0, 0.05) is 5.56 Å². The molecule has 12 nitrogen and oxygen atoms in total. The molecule has 0 fully saturated rings. The van der Waals surface area contributed by atoms with E-state index in [1.54, 1.807) is 26.8 Å². The van der Waals surface area contributed by atoms with E-state index in [2.05, 4.69) is 9.97 Å². The monoisotopic (exact) mass is 669 g/mol. The van der Waals surface area contributed by atoms with Gasteiger partial charge in [0.1, 0.15) is 52.2 Å². The van der Waals surface area contributed by atoms with Gasteiger partial charge in [-0.15, -0.1) is 0 Å². The van der Waals surface area contributed by atoms with Crippen LogP contribution in [-0.2, 0) is 10.4 Å². The van der Waals surface area contributed by atoms with Crippen molar-refractivity contribution in [1.29, 1.82) is 0 Å². The molecule has 244 valence electrons. The van der Waals surface area contributed by atoms with Gasteiger partial charge < -0.3 is 14.9 Å². The number of benzene rings is 3. The van der Waals surface area contributed by atoms with Crippen LogP contribution in [0.25, 0.3) is 44.4 Å². The van der Waals surface area contributed by atoms with E-state index < -0.39 is 39.3 Å². The van der Waals surface area contributed by atoms with E-state index in [1.165, 1.54) is 59.5 Å². The Hall–Kier alpha value is -5.32. The zero-order valence-corrected chi connectivity index (χ0v) is 25.7. The standard InChI is InChI=1S/C31H24F3N5O3.H2O4S/c1-15(2)41-22-11-10-18(13-21(22)34)27-26-30(35)36-14-37-31(26)39(38-27)16(3)29-24(17-6-4-7-19(32)12-17)28(40)25-20(33)8-5-9-23(25)42-29;1-5(2,3)4/h4-16H,1-3H3,(H2,35,36,37);(H2,1,2,3,4)/t16-;/m0./s1. The first-order valence-corrected chi connectivity index (χ1v) is 15.2. The summed E-state index contributed by atoms with van der Waals surface area (Å²) < 4.78 is 88.9. The molecular weight excluding hydrogens is 643 g/mol. The SMILES string of the molecule is CC(C)Oc1ccc(-c2nn([C@@H](C)c3oc4cccc(F)c4c(=O)c3-c3cccc(F)c3)c3ncnc(N)c23)cc1F.O=S(=O)(O)O. The highest BCUT2D eigenvalue weighted by Gasteiger charge is 2.28. The van der Waals surface area contributed by atoms with Crippen molar-refractivity contribution in [2.45, 2.75) is 32.9 Å². The minimum absolute atomic E-state index is 0.00985. The van der Waals surface area contributed by atoms with Crippen LogP contribution in [0.3, 0.4) is 0 Å². The molecular formula is C31H26F3N5O7S. The van der Waals surface area contributed by atoms with Crippen LogP contribution in [0.15, 0.2) is 76.2 Å². The van der Waals surface area contributed by atoms with Crippen LogP contribution >= 0.6 is 0 Å². The summed E-state index contributed by atoms with van der Waals surface area (Å²) in [7, 11) is -4.67. The summed E-state index contributed by atoms with van der Waals surface area (Å²) in [6.07, 6.45) is 1.03. The van der Waals surface area contributed by atoms with E-state index in [1.807, 2.05) is 0 Å².